The molecule has 3 rings (SSSR count). The molecule has 0 radical (unpaired) electrons. The molecular formula is C34H54F4. The van der Waals surface area contributed by atoms with Crippen LogP contribution in [0.25, 0.3) is 0 Å². The fourth-order valence-corrected chi connectivity index (χ4v) is 7.34. The van der Waals surface area contributed by atoms with E-state index in [0.717, 1.165) is 49.5 Å². The average Bonchev–Trinajstić information content (AvgIpc) is 2.91. The minimum Gasteiger partial charge on any atom is -0.207 e. The van der Waals surface area contributed by atoms with Crippen LogP contribution in [-0.4, -0.2) is 0 Å². The van der Waals surface area contributed by atoms with E-state index in [0.29, 0.717) is 11.6 Å². The Bertz CT molecular complexity index is 754. The second-order valence-corrected chi connectivity index (χ2v) is 12.7. The molecule has 0 atom stereocenters. The summed E-state index contributed by atoms with van der Waals surface area (Å²) < 4.78 is 53.0. The maximum absolute atomic E-state index is 14.4. The molecule has 2 aliphatic carbocycles. The van der Waals surface area contributed by atoms with Crippen LogP contribution in [0, 0.1) is 23.6 Å². The van der Waals surface area contributed by atoms with Gasteiger partial charge in [0.2, 0.25) is 0 Å². The Morgan fingerprint density at radius 2 is 1.11 bits per heavy atom. The van der Waals surface area contributed by atoms with Crippen molar-refractivity contribution in [3.63, 3.8) is 0 Å². The van der Waals surface area contributed by atoms with Crippen LogP contribution in [0.4, 0.5) is 17.6 Å². The Labute approximate surface area is 230 Å². The van der Waals surface area contributed by atoms with Gasteiger partial charge in [-0.15, -0.1) is 0 Å². The van der Waals surface area contributed by atoms with Crippen molar-refractivity contribution in [1.82, 2.24) is 0 Å². The predicted octanol–water partition coefficient (Wildman–Crippen LogP) is 12.4. The van der Waals surface area contributed by atoms with E-state index in [4.69, 9.17) is 0 Å². The molecule has 2 fully saturated rings. The van der Waals surface area contributed by atoms with Gasteiger partial charge in [-0.25, -0.2) is 4.39 Å². The molecule has 1 aromatic rings. The second-order valence-electron chi connectivity index (χ2n) is 12.7. The van der Waals surface area contributed by atoms with Gasteiger partial charge in [-0.2, -0.15) is 13.2 Å². The van der Waals surface area contributed by atoms with E-state index in [1.807, 2.05) is 0 Å². The van der Waals surface area contributed by atoms with Crippen molar-refractivity contribution in [3.8, 4) is 0 Å². The first-order valence-corrected chi connectivity index (χ1v) is 16.2. The third-order valence-electron chi connectivity index (χ3n) is 9.81. The van der Waals surface area contributed by atoms with E-state index in [-0.39, 0.29) is 5.92 Å². The lowest BCUT2D eigenvalue weighted by Gasteiger charge is -2.38. The fraction of sp³-hybridized carbons (Fsp3) is 0.824. The molecule has 0 aromatic heterocycles. The lowest BCUT2D eigenvalue weighted by Crippen LogP contribution is -2.25. The van der Waals surface area contributed by atoms with Gasteiger partial charge in [0.15, 0.2) is 0 Å². The number of hydrogen-bond acceptors (Lipinski definition) is 0. The first kappa shape index (κ1) is 31.5. The van der Waals surface area contributed by atoms with Gasteiger partial charge in [0.1, 0.15) is 5.82 Å². The molecule has 0 nitrogen and oxygen atoms in total. The standard InChI is InChI=1S/C34H54F4/c1-2-3-4-5-6-7-8-9-10-11-12-13-14-15-27-16-18-28(19-17-27)29-20-22-30(23-21-29)32-25-24-31(26-33(32)35)34(36,37)38/h24-30H,2-23H2,1H3. The van der Waals surface area contributed by atoms with E-state index in [1.54, 1.807) is 0 Å². The normalized spacial score (nSPS) is 24.6. The van der Waals surface area contributed by atoms with E-state index < -0.39 is 17.6 Å². The smallest absolute Gasteiger partial charge is 0.207 e. The summed E-state index contributed by atoms with van der Waals surface area (Å²) in [7, 11) is 0. The first-order chi connectivity index (χ1) is 18.4. The summed E-state index contributed by atoms with van der Waals surface area (Å²) in [5, 5.41) is 0. The highest BCUT2D eigenvalue weighted by atomic mass is 19.4. The van der Waals surface area contributed by atoms with Crippen molar-refractivity contribution in [2.75, 3.05) is 0 Å². The summed E-state index contributed by atoms with van der Waals surface area (Å²) in [5.74, 6) is 1.83. The molecule has 0 saturated heterocycles. The highest BCUT2D eigenvalue weighted by molar-refractivity contribution is 5.29. The Kier molecular flexibility index (Phi) is 14.0. The van der Waals surface area contributed by atoms with Crippen molar-refractivity contribution in [1.29, 1.82) is 0 Å². The summed E-state index contributed by atoms with van der Waals surface area (Å²) >= 11 is 0. The van der Waals surface area contributed by atoms with Crippen LogP contribution < -0.4 is 0 Å². The minimum atomic E-state index is -4.48. The topological polar surface area (TPSA) is 0 Å². The molecule has 0 unspecified atom stereocenters. The van der Waals surface area contributed by atoms with Crippen LogP contribution in [0.1, 0.15) is 165 Å². The van der Waals surface area contributed by atoms with Gasteiger partial charge in [0, 0.05) is 0 Å². The highest BCUT2D eigenvalue weighted by Gasteiger charge is 2.34. The molecule has 2 saturated carbocycles. The highest BCUT2D eigenvalue weighted by Crippen LogP contribution is 2.45. The largest absolute Gasteiger partial charge is 0.416 e. The number of benzene rings is 1. The quantitative estimate of drug-likeness (QED) is 0.145. The van der Waals surface area contributed by atoms with Crippen LogP contribution in [0.5, 0.6) is 0 Å². The van der Waals surface area contributed by atoms with Crippen LogP contribution in [-0.2, 0) is 6.18 Å². The zero-order chi connectivity index (χ0) is 27.2. The third kappa shape index (κ3) is 10.8. The van der Waals surface area contributed by atoms with Gasteiger partial charge >= 0.3 is 6.18 Å². The van der Waals surface area contributed by atoms with Crippen LogP contribution >= 0.6 is 0 Å². The summed E-state index contributed by atoms with van der Waals surface area (Å²) in [4.78, 5) is 0. The SMILES string of the molecule is CCCCCCCCCCCCCCCC1CCC(C2CCC(c3ccc(C(F)(F)F)cc3F)CC2)CC1. The van der Waals surface area contributed by atoms with Crippen LogP contribution in [0.2, 0.25) is 0 Å². The molecule has 0 spiro atoms. The molecular weight excluding hydrogens is 484 g/mol. The Morgan fingerprint density at radius 3 is 1.58 bits per heavy atom. The molecule has 0 heterocycles. The third-order valence-corrected chi connectivity index (χ3v) is 9.81. The molecule has 1 aromatic carbocycles. The van der Waals surface area contributed by atoms with Crippen LogP contribution in [0.15, 0.2) is 18.2 Å². The minimum absolute atomic E-state index is 0.0698. The molecule has 2 aliphatic rings. The zero-order valence-electron chi connectivity index (χ0n) is 24.1. The molecule has 0 aliphatic heterocycles. The van der Waals surface area contributed by atoms with Gasteiger partial charge in [-0.3, -0.25) is 0 Å². The lowest BCUT2D eigenvalue weighted by molar-refractivity contribution is -0.137. The van der Waals surface area contributed by atoms with Crippen molar-refractivity contribution in [2.24, 2.45) is 17.8 Å². The van der Waals surface area contributed by atoms with Crippen molar-refractivity contribution >= 4 is 0 Å². The molecule has 0 amide bonds. The zero-order valence-corrected chi connectivity index (χ0v) is 24.1. The number of hydrogen-bond donors (Lipinski definition) is 0. The van der Waals surface area contributed by atoms with Crippen molar-refractivity contribution < 1.29 is 17.6 Å². The molecule has 4 heteroatoms. The number of unbranched alkanes of at least 4 members (excludes halogenated alkanes) is 12. The Balaban J connectivity index is 1.20. The Hall–Kier alpha value is -1.06. The lowest BCUT2D eigenvalue weighted by atomic mass is 9.68. The molecule has 0 bridgehead atoms. The van der Waals surface area contributed by atoms with Gasteiger partial charge in [-0.05, 0) is 79.9 Å². The molecule has 0 N–H and O–H groups in total. The van der Waals surface area contributed by atoms with E-state index in [1.165, 1.54) is 122 Å². The monoisotopic (exact) mass is 538 g/mol. The van der Waals surface area contributed by atoms with Gasteiger partial charge in [0.25, 0.3) is 0 Å². The van der Waals surface area contributed by atoms with Gasteiger partial charge < -0.3 is 0 Å². The van der Waals surface area contributed by atoms with Crippen molar-refractivity contribution in [3.05, 3.63) is 35.1 Å². The van der Waals surface area contributed by atoms with E-state index >= 15 is 0 Å². The van der Waals surface area contributed by atoms with E-state index in [9.17, 15) is 17.6 Å². The average molecular weight is 539 g/mol. The maximum atomic E-state index is 14.4. The van der Waals surface area contributed by atoms with E-state index in [2.05, 4.69) is 6.92 Å². The summed E-state index contributed by atoms with van der Waals surface area (Å²) in [5.41, 5.74) is -0.402. The Morgan fingerprint density at radius 1 is 0.632 bits per heavy atom. The number of alkyl halides is 3. The fourth-order valence-electron chi connectivity index (χ4n) is 7.34. The predicted molar refractivity (Wildman–Crippen MR) is 152 cm³/mol. The summed E-state index contributed by atoms with van der Waals surface area (Å²) in [6.45, 7) is 2.28. The first-order valence-electron chi connectivity index (χ1n) is 16.2. The number of halogens is 4. The van der Waals surface area contributed by atoms with Crippen LogP contribution in [0.3, 0.4) is 0 Å². The molecule has 38 heavy (non-hydrogen) atoms. The molecule has 218 valence electrons. The maximum Gasteiger partial charge on any atom is 0.416 e. The van der Waals surface area contributed by atoms with Gasteiger partial charge in [0.05, 0.1) is 5.56 Å². The summed E-state index contributed by atoms with van der Waals surface area (Å²) in [6, 6.07) is 3.11. The number of rotatable bonds is 16. The van der Waals surface area contributed by atoms with Gasteiger partial charge in [-0.1, -0.05) is 116 Å². The van der Waals surface area contributed by atoms with Crippen molar-refractivity contribution in [2.45, 2.75) is 160 Å². The second kappa shape index (κ2) is 16.9. The summed E-state index contributed by atoms with van der Waals surface area (Å²) in [6.07, 6.45) is 24.8.